The zero-order chi connectivity index (χ0) is 25.7. The smallest absolute Gasteiger partial charge is 0.262 e. The summed E-state index contributed by atoms with van der Waals surface area (Å²) in [5, 5.41) is -0.00126. The summed E-state index contributed by atoms with van der Waals surface area (Å²) in [6, 6.07) is 16.2. The van der Waals surface area contributed by atoms with Crippen LogP contribution in [0.1, 0.15) is 34.6 Å². The lowest BCUT2D eigenvalue weighted by Crippen LogP contribution is -2.39. The number of amides is 1. The second kappa shape index (κ2) is 10.8. The summed E-state index contributed by atoms with van der Waals surface area (Å²) in [6.45, 7) is 2.75. The van der Waals surface area contributed by atoms with Gasteiger partial charge in [0.05, 0.1) is 24.4 Å². The number of nitrogens with one attached hydrogen (secondary N) is 1. The Morgan fingerprint density at radius 1 is 1.08 bits per heavy atom. The number of carbonyl (C=O) groups excluding carboxylic acids is 1. The minimum absolute atomic E-state index is 0.00126. The van der Waals surface area contributed by atoms with Crippen LogP contribution < -0.4 is 10.6 Å². The van der Waals surface area contributed by atoms with Crippen molar-refractivity contribution in [3.63, 3.8) is 0 Å². The van der Waals surface area contributed by atoms with Gasteiger partial charge in [-0.15, -0.1) is 0 Å². The third-order valence-electron chi connectivity index (χ3n) is 5.98. The van der Waals surface area contributed by atoms with Gasteiger partial charge in [0.1, 0.15) is 0 Å². The van der Waals surface area contributed by atoms with Gasteiger partial charge in [0.2, 0.25) is 5.91 Å². The average molecular weight is 508 g/mol. The molecule has 0 saturated carbocycles. The van der Waals surface area contributed by atoms with Gasteiger partial charge in [0, 0.05) is 50.3 Å². The Morgan fingerprint density at radius 3 is 2.39 bits per heavy atom. The first-order valence-corrected chi connectivity index (χ1v) is 12.9. The van der Waals surface area contributed by atoms with Crippen LogP contribution in [0.4, 0.5) is 5.69 Å². The van der Waals surface area contributed by atoms with E-state index in [1.54, 1.807) is 42.2 Å². The van der Waals surface area contributed by atoms with E-state index in [0.717, 1.165) is 16.9 Å². The fraction of sp³-hybridized carbons (Fsp3) is 0.240. The molecule has 0 aliphatic heterocycles. The Labute approximate surface area is 210 Å². The number of aryl methyl sites for hydroxylation is 1. The number of nitrogens with two attached hydrogens (primary N) is 1. The van der Waals surface area contributed by atoms with Gasteiger partial charge >= 0.3 is 0 Å². The number of H-pyrrole nitrogens is 1. The summed E-state index contributed by atoms with van der Waals surface area (Å²) in [7, 11) is -2.13. The number of hydrogen-bond donors (Lipinski definition) is 2. The monoisotopic (exact) mass is 507 g/mol. The van der Waals surface area contributed by atoms with E-state index in [0.29, 0.717) is 12.1 Å². The molecule has 0 fully saturated rings. The van der Waals surface area contributed by atoms with Crippen molar-refractivity contribution in [1.29, 1.82) is 0 Å². The average Bonchev–Trinajstić information content (AvgIpc) is 3.57. The van der Waals surface area contributed by atoms with Crippen LogP contribution in [-0.2, 0) is 23.6 Å². The first-order chi connectivity index (χ1) is 17.3. The van der Waals surface area contributed by atoms with Crippen LogP contribution in [0.15, 0.2) is 84.7 Å². The van der Waals surface area contributed by atoms with Gasteiger partial charge < -0.3 is 20.2 Å². The summed E-state index contributed by atoms with van der Waals surface area (Å²) >= 11 is 0. The molecule has 11 heteroatoms. The number of imidazole rings is 2. The first-order valence-electron chi connectivity index (χ1n) is 11.4. The van der Waals surface area contributed by atoms with E-state index in [2.05, 4.69) is 15.0 Å². The minimum Gasteiger partial charge on any atom is -0.366 e. The van der Waals surface area contributed by atoms with Crippen molar-refractivity contribution in [2.24, 2.45) is 12.8 Å². The molecule has 0 aliphatic carbocycles. The predicted octanol–water partition coefficient (Wildman–Crippen LogP) is 2.70. The Kier molecular flexibility index (Phi) is 7.51. The molecule has 4 aromatic rings. The molecule has 2 heterocycles. The number of anilines is 1. The lowest BCUT2D eigenvalue weighted by atomic mass is 10.1. The Bertz CT molecular complexity index is 1390. The molecule has 1 atom stereocenters. The van der Waals surface area contributed by atoms with Crippen LogP contribution in [-0.4, -0.2) is 51.2 Å². The highest BCUT2D eigenvalue weighted by atomic mass is 32.2. The third-order valence-corrected chi connectivity index (χ3v) is 7.71. The van der Waals surface area contributed by atoms with Crippen molar-refractivity contribution in [3.8, 4) is 0 Å². The largest absolute Gasteiger partial charge is 0.366 e. The van der Waals surface area contributed by atoms with Crippen LogP contribution in [0.3, 0.4) is 0 Å². The highest BCUT2D eigenvalue weighted by Gasteiger charge is 2.28. The molecule has 2 aromatic carbocycles. The van der Waals surface area contributed by atoms with Gasteiger partial charge in [-0.3, -0.25) is 4.79 Å². The Balaban J connectivity index is 1.65. The van der Waals surface area contributed by atoms with Crippen molar-refractivity contribution < 1.29 is 13.2 Å². The van der Waals surface area contributed by atoms with E-state index >= 15 is 0 Å². The van der Waals surface area contributed by atoms with Crippen molar-refractivity contribution in [3.05, 3.63) is 96.5 Å². The first kappa shape index (κ1) is 25.1. The molecule has 0 radical (unpaired) electrons. The number of benzene rings is 2. The van der Waals surface area contributed by atoms with Gasteiger partial charge in [-0.25, -0.2) is 18.4 Å². The molecule has 0 saturated heterocycles. The number of aromatic amines is 1. The van der Waals surface area contributed by atoms with Gasteiger partial charge in [0.15, 0.2) is 5.03 Å². The maximum Gasteiger partial charge on any atom is 0.262 e. The van der Waals surface area contributed by atoms with Gasteiger partial charge in [0.25, 0.3) is 10.0 Å². The van der Waals surface area contributed by atoms with E-state index in [-0.39, 0.29) is 24.2 Å². The van der Waals surface area contributed by atoms with Crippen LogP contribution >= 0.6 is 0 Å². The number of primary amides is 1. The third kappa shape index (κ3) is 5.64. The van der Waals surface area contributed by atoms with Gasteiger partial charge in [-0.2, -0.15) is 4.31 Å². The number of nitrogens with zero attached hydrogens (tertiary/aromatic N) is 5. The molecular formula is C25H29N7O3S. The van der Waals surface area contributed by atoms with E-state index in [1.165, 1.54) is 16.8 Å². The van der Waals surface area contributed by atoms with Crippen LogP contribution in [0.5, 0.6) is 0 Å². The molecule has 10 nitrogen and oxygen atoms in total. The van der Waals surface area contributed by atoms with Crippen LogP contribution in [0.25, 0.3) is 0 Å². The zero-order valence-electron chi connectivity index (χ0n) is 20.2. The summed E-state index contributed by atoms with van der Waals surface area (Å²) in [6.07, 6.45) is 6.38. The summed E-state index contributed by atoms with van der Waals surface area (Å²) in [5.74, 6) is -0.510. The quantitative estimate of drug-likeness (QED) is 0.321. The molecule has 0 aliphatic rings. The molecule has 2 aromatic heterocycles. The Hall–Kier alpha value is -3.96. The standard InChI is InChI=1S/C25H29N7O3S/c1-19(23-14-27-17-28-23)32(22-10-8-21(9-11-22)25(26)33)13-12-31(15-20-6-4-3-5-7-20)36(34,35)24-16-30(2)18-29-24/h3-11,14,16-19H,12-13,15H2,1-2H3,(H2,26,33)(H,27,28). The molecule has 1 amide bonds. The Morgan fingerprint density at radius 2 is 1.81 bits per heavy atom. The molecule has 36 heavy (non-hydrogen) atoms. The zero-order valence-corrected chi connectivity index (χ0v) is 21.0. The normalized spacial score (nSPS) is 12.5. The van der Waals surface area contributed by atoms with Crippen molar-refractivity contribution >= 4 is 21.6 Å². The fourth-order valence-electron chi connectivity index (χ4n) is 3.97. The molecular weight excluding hydrogens is 478 g/mol. The number of sulfonamides is 1. The molecule has 4 rings (SSSR count). The molecule has 0 spiro atoms. The topological polar surface area (TPSA) is 130 Å². The maximum atomic E-state index is 13.6. The van der Waals surface area contributed by atoms with Crippen molar-refractivity contribution in [2.75, 3.05) is 18.0 Å². The van der Waals surface area contributed by atoms with Gasteiger partial charge in [-0.1, -0.05) is 30.3 Å². The summed E-state index contributed by atoms with van der Waals surface area (Å²) in [4.78, 5) is 25.1. The number of rotatable bonds is 11. The van der Waals surface area contributed by atoms with E-state index in [9.17, 15) is 13.2 Å². The molecule has 3 N–H and O–H groups in total. The van der Waals surface area contributed by atoms with Crippen molar-refractivity contribution in [1.82, 2.24) is 23.8 Å². The van der Waals surface area contributed by atoms with Crippen LogP contribution in [0.2, 0.25) is 0 Å². The van der Waals surface area contributed by atoms with Crippen LogP contribution in [0, 0.1) is 0 Å². The van der Waals surface area contributed by atoms with E-state index < -0.39 is 15.9 Å². The van der Waals surface area contributed by atoms with Gasteiger partial charge in [-0.05, 0) is 36.8 Å². The number of hydrogen-bond acceptors (Lipinski definition) is 6. The molecule has 0 bridgehead atoms. The molecule has 1 unspecified atom stereocenters. The van der Waals surface area contributed by atoms with E-state index in [1.807, 2.05) is 48.4 Å². The second-order valence-corrected chi connectivity index (χ2v) is 10.4. The predicted molar refractivity (Wildman–Crippen MR) is 137 cm³/mol. The lowest BCUT2D eigenvalue weighted by molar-refractivity contribution is 0.100. The van der Waals surface area contributed by atoms with E-state index in [4.69, 9.17) is 5.73 Å². The molecule has 188 valence electrons. The fourth-order valence-corrected chi connectivity index (χ4v) is 5.35. The minimum atomic E-state index is -3.86. The highest BCUT2D eigenvalue weighted by molar-refractivity contribution is 7.89. The lowest BCUT2D eigenvalue weighted by Gasteiger charge is -2.33. The highest BCUT2D eigenvalue weighted by Crippen LogP contribution is 2.27. The number of aromatic nitrogens is 4. The van der Waals surface area contributed by atoms with Crippen molar-refractivity contribution in [2.45, 2.75) is 24.5 Å². The summed E-state index contributed by atoms with van der Waals surface area (Å²) < 4.78 is 30.2. The SMILES string of the molecule is CC(c1c[nH]cn1)N(CCN(Cc1ccccc1)S(=O)(=O)c1cn(C)cn1)c1ccc(C(N)=O)cc1. The second-order valence-electron chi connectivity index (χ2n) is 8.48. The summed E-state index contributed by atoms with van der Waals surface area (Å²) in [5.41, 5.74) is 8.29. The maximum absolute atomic E-state index is 13.6. The number of carbonyl (C=O) groups is 1.